The lowest BCUT2D eigenvalue weighted by atomic mass is 10.3. The molecule has 0 radical (unpaired) electrons. The van der Waals surface area contributed by atoms with Crippen LogP contribution in [0, 0.1) is 0 Å². The summed E-state index contributed by atoms with van der Waals surface area (Å²) in [6.07, 6.45) is -0.225. The zero-order valence-corrected chi connectivity index (χ0v) is 11.3. The van der Waals surface area contributed by atoms with Gasteiger partial charge < -0.3 is 5.11 Å². The summed E-state index contributed by atoms with van der Waals surface area (Å²) in [5.41, 5.74) is 0.330. The molecule has 6 nitrogen and oxygen atoms in total. The maximum absolute atomic E-state index is 11.8. The Balaban J connectivity index is 2.15. The number of carbonyl (C=O) groups is 1. The van der Waals surface area contributed by atoms with E-state index in [1.807, 2.05) is 0 Å². The SMILES string of the molecule is O=C(O)Cc1csc(NS(=O)(=O)c2cccs2)n1. The van der Waals surface area contributed by atoms with Gasteiger partial charge in [-0.15, -0.1) is 22.7 Å². The van der Waals surface area contributed by atoms with E-state index in [0.717, 1.165) is 22.7 Å². The van der Waals surface area contributed by atoms with Crippen LogP contribution in [0.4, 0.5) is 5.13 Å². The lowest BCUT2D eigenvalue weighted by Crippen LogP contribution is -2.11. The van der Waals surface area contributed by atoms with Crippen LogP contribution >= 0.6 is 22.7 Å². The van der Waals surface area contributed by atoms with Crippen LogP contribution in [0.3, 0.4) is 0 Å². The van der Waals surface area contributed by atoms with E-state index >= 15 is 0 Å². The predicted octanol–water partition coefficient (Wildman–Crippen LogP) is 1.63. The minimum atomic E-state index is -3.62. The Morgan fingerprint density at radius 1 is 1.44 bits per heavy atom. The number of rotatable bonds is 5. The van der Waals surface area contributed by atoms with E-state index in [4.69, 9.17) is 5.11 Å². The van der Waals surface area contributed by atoms with Crippen molar-refractivity contribution < 1.29 is 18.3 Å². The van der Waals surface area contributed by atoms with Gasteiger partial charge in [-0.05, 0) is 11.4 Å². The second-order valence-electron chi connectivity index (χ2n) is 3.25. The number of nitrogens with zero attached hydrogens (tertiary/aromatic N) is 1. The Bertz CT molecular complexity index is 645. The highest BCUT2D eigenvalue weighted by molar-refractivity contribution is 7.94. The molecule has 2 N–H and O–H groups in total. The van der Waals surface area contributed by atoms with Crippen LogP contribution in [0.25, 0.3) is 0 Å². The Kier molecular flexibility index (Phi) is 3.64. The first-order valence-corrected chi connectivity index (χ1v) is 7.94. The zero-order valence-electron chi connectivity index (χ0n) is 8.86. The maximum atomic E-state index is 11.8. The molecular weight excluding hydrogens is 296 g/mol. The normalized spacial score (nSPS) is 11.3. The predicted molar refractivity (Wildman–Crippen MR) is 68.6 cm³/mol. The minimum Gasteiger partial charge on any atom is -0.481 e. The molecule has 0 aliphatic heterocycles. The topological polar surface area (TPSA) is 96.4 Å². The number of aromatic nitrogens is 1. The van der Waals surface area contributed by atoms with Crippen LogP contribution in [0.15, 0.2) is 27.1 Å². The zero-order chi connectivity index (χ0) is 13.2. The van der Waals surface area contributed by atoms with Crippen LogP contribution in [-0.4, -0.2) is 24.5 Å². The van der Waals surface area contributed by atoms with Gasteiger partial charge in [0.05, 0.1) is 12.1 Å². The lowest BCUT2D eigenvalue weighted by molar-refractivity contribution is -0.136. The molecule has 96 valence electrons. The number of carboxylic acid groups (broad SMARTS) is 1. The summed E-state index contributed by atoms with van der Waals surface area (Å²) in [6.45, 7) is 0. The molecule has 0 saturated heterocycles. The number of nitrogens with one attached hydrogen (secondary N) is 1. The Morgan fingerprint density at radius 2 is 2.22 bits per heavy atom. The van der Waals surface area contributed by atoms with Gasteiger partial charge >= 0.3 is 5.97 Å². The third-order valence-electron chi connectivity index (χ3n) is 1.87. The van der Waals surface area contributed by atoms with Gasteiger partial charge in [0.15, 0.2) is 5.13 Å². The number of hydrogen-bond donors (Lipinski definition) is 2. The molecule has 0 bridgehead atoms. The molecule has 0 aliphatic carbocycles. The van der Waals surface area contributed by atoms with Crippen LogP contribution in [0.5, 0.6) is 0 Å². The van der Waals surface area contributed by atoms with Gasteiger partial charge in [-0.1, -0.05) is 6.07 Å². The van der Waals surface area contributed by atoms with Gasteiger partial charge in [-0.25, -0.2) is 13.4 Å². The van der Waals surface area contributed by atoms with Gasteiger partial charge in [0.1, 0.15) is 4.21 Å². The Hall–Kier alpha value is -1.45. The quantitative estimate of drug-likeness (QED) is 0.875. The second kappa shape index (κ2) is 5.04. The van der Waals surface area contributed by atoms with Gasteiger partial charge in [0, 0.05) is 5.38 Å². The summed E-state index contributed by atoms with van der Waals surface area (Å²) in [7, 11) is -3.62. The molecule has 0 aromatic carbocycles. The molecule has 2 aromatic heterocycles. The highest BCUT2D eigenvalue weighted by atomic mass is 32.2. The van der Waals surface area contributed by atoms with Crippen molar-refractivity contribution in [2.75, 3.05) is 4.72 Å². The summed E-state index contributed by atoms with van der Waals surface area (Å²) in [4.78, 5) is 14.4. The summed E-state index contributed by atoms with van der Waals surface area (Å²) in [5.74, 6) is -1.01. The van der Waals surface area contributed by atoms with E-state index in [2.05, 4.69) is 9.71 Å². The minimum absolute atomic E-state index is 0.166. The van der Waals surface area contributed by atoms with E-state index in [9.17, 15) is 13.2 Å². The fourth-order valence-corrected chi connectivity index (χ4v) is 4.13. The highest BCUT2D eigenvalue weighted by Gasteiger charge is 2.17. The molecule has 2 aromatic rings. The molecule has 0 unspecified atom stereocenters. The van der Waals surface area contributed by atoms with Crippen LogP contribution < -0.4 is 4.72 Å². The number of thiophene rings is 1. The molecule has 0 atom stereocenters. The van der Waals surface area contributed by atoms with Gasteiger partial charge in [0.25, 0.3) is 10.0 Å². The monoisotopic (exact) mass is 304 g/mol. The van der Waals surface area contributed by atoms with Crippen molar-refractivity contribution >= 4 is 43.8 Å². The van der Waals surface area contributed by atoms with Crippen molar-refractivity contribution in [2.45, 2.75) is 10.6 Å². The standard InChI is InChI=1S/C9H8N2O4S3/c12-7(13)4-6-5-17-9(10-6)11-18(14,15)8-2-1-3-16-8/h1-3,5H,4H2,(H,10,11)(H,12,13). The molecular formula is C9H8N2O4S3. The van der Waals surface area contributed by atoms with Crippen molar-refractivity contribution in [1.29, 1.82) is 0 Å². The number of carboxylic acids is 1. The number of sulfonamides is 1. The van der Waals surface area contributed by atoms with Crippen LogP contribution in [-0.2, 0) is 21.2 Å². The van der Waals surface area contributed by atoms with Gasteiger partial charge in [-0.3, -0.25) is 9.52 Å². The molecule has 2 rings (SSSR count). The third kappa shape index (κ3) is 3.06. The maximum Gasteiger partial charge on any atom is 0.309 e. The molecule has 0 spiro atoms. The largest absolute Gasteiger partial charge is 0.481 e. The van der Waals surface area contributed by atoms with E-state index in [1.165, 1.54) is 11.4 Å². The first-order chi connectivity index (χ1) is 8.47. The fraction of sp³-hybridized carbons (Fsp3) is 0.111. The Morgan fingerprint density at radius 3 is 2.83 bits per heavy atom. The average Bonchev–Trinajstić information content (AvgIpc) is 2.87. The summed E-state index contributed by atoms with van der Waals surface area (Å²) in [6, 6.07) is 3.12. The van der Waals surface area contributed by atoms with E-state index in [1.54, 1.807) is 11.4 Å². The van der Waals surface area contributed by atoms with E-state index in [0.29, 0.717) is 5.69 Å². The van der Waals surface area contributed by atoms with Gasteiger partial charge in [-0.2, -0.15) is 0 Å². The molecule has 9 heteroatoms. The van der Waals surface area contributed by atoms with Crippen LogP contribution in [0.2, 0.25) is 0 Å². The van der Waals surface area contributed by atoms with Crippen molar-refractivity contribution in [3.05, 3.63) is 28.6 Å². The van der Waals surface area contributed by atoms with E-state index in [-0.39, 0.29) is 15.8 Å². The Labute approximate surface area is 111 Å². The molecule has 18 heavy (non-hydrogen) atoms. The first kappa shape index (κ1) is 13.0. The van der Waals surface area contributed by atoms with Crippen molar-refractivity contribution in [2.24, 2.45) is 0 Å². The highest BCUT2D eigenvalue weighted by Crippen LogP contribution is 2.22. The average molecular weight is 304 g/mol. The third-order valence-corrected chi connectivity index (χ3v) is 5.54. The summed E-state index contributed by atoms with van der Waals surface area (Å²) in [5, 5.41) is 11.9. The van der Waals surface area contributed by atoms with E-state index < -0.39 is 16.0 Å². The molecule has 0 aliphatic rings. The lowest BCUT2D eigenvalue weighted by Gasteiger charge is -2.01. The van der Waals surface area contributed by atoms with Crippen LogP contribution in [0.1, 0.15) is 5.69 Å². The molecule has 2 heterocycles. The van der Waals surface area contributed by atoms with Crippen molar-refractivity contribution in [3.8, 4) is 0 Å². The molecule has 0 amide bonds. The number of anilines is 1. The molecule has 0 saturated carbocycles. The fourth-order valence-electron chi connectivity index (χ4n) is 1.17. The number of thiazole rings is 1. The second-order valence-corrected chi connectivity index (χ2v) is 6.97. The number of aliphatic carboxylic acids is 1. The summed E-state index contributed by atoms with van der Waals surface area (Å²) < 4.78 is 26.2. The first-order valence-electron chi connectivity index (χ1n) is 4.70. The number of hydrogen-bond acceptors (Lipinski definition) is 6. The van der Waals surface area contributed by atoms with Gasteiger partial charge in [0.2, 0.25) is 0 Å². The smallest absolute Gasteiger partial charge is 0.309 e. The molecule has 0 fully saturated rings. The van der Waals surface area contributed by atoms with Crippen molar-refractivity contribution in [1.82, 2.24) is 4.98 Å². The summed E-state index contributed by atoms with van der Waals surface area (Å²) >= 11 is 2.15. The van der Waals surface area contributed by atoms with Crippen molar-refractivity contribution in [3.63, 3.8) is 0 Å².